The van der Waals surface area contributed by atoms with Crippen molar-refractivity contribution in [2.45, 2.75) is 43.9 Å². The summed E-state index contributed by atoms with van der Waals surface area (Å²) in [4.78, 5) is 21.4. The highest BCUT2D eigenvalue weighted by Crippen LogP contribution is 2.61. The Morgan fingerprint density at radius 3 is 1.96 bits per heavy atom. The molecule has 5 rings (SSSR count). The lowest BCUT2D eigenvalue weighted by molar-refractivity contribution is -0.394. The number of non-ortho nitro benzene ring substituents is 1. The first-order valence-electron chi connectivity index (χ1n) is 8.29. The van der Waals surface area contributed by atoms with Crippen LogP contribution in [0.15, 0.2) is 12.1 Å². The number of benzene rings is 1. The second kappa shape index (κ2) is 5.00. The second-order valence-electron chi connectivity index (χ2n) is 7.71. The number of rotatable bonds is 3. The number of nitriles is 1. The predicted molar refractivity (Wildman–Crippen MR) is 84.3 cm³/mol. The highest BCUT2D eigenvalue weighted by atomic mass is 16.6. The van der Waals surface area contributed by atoms with Crippen molar-refractivity contribution in [2.75, 3.05) is 0 Å². The van der Waals surface area contributed by atoms with Crippen LogP contribution >= 0.6 is 0 Å². The fourth-order valence-electron chi connectivity index (χ4n) is 5.84. The molecule has 4 aliphatic rings. The average Bonchev–Trinajstić information content (AvgIpc) is 2.52. The summed E-state index contributed by atoms with van der Waals surface area (Å²) in [7, 11) is 0. The van der Waals surface area contributed by atoms with E-state index >= 15 is 0 Å². The monoisotopic (exact) mass is 327 g/mol. The molecule has 1 aromatic carbocycles. The molecule has 0 N–H and O–H groups in total. The van der Waals surface area contributed by atoms with Crippen molar-refractivity contribution in [2.24, 2.45) is 17.8 Å². The van der Waals surface area contributed by atoms with E-state index in [0.717, 1.165) is 25.3 Å². The molecular weight excluding hydrogens is 310 g/mol. The van der Waals surface area contributed by atoms with Crippen LogP contribution in [0.5, 0.6) is 0 Å². The Hall–Kier alpha value is -2.49. The van der Waals surface area contributed by atoms with Crippen LogP contribution in [0, 0.1) is 49.3 Å². The molecule has 0 aliphatic heterocycles. The SMILES string of the molecule is N#Cc1c([N+](=O)[O-])cc([N+](=O)[O-])cc1C12CC3CC(CC(C3)C1)C2. The molecule has 4 aliphatic carbocycles. The molecule has 4 fully saturated rings. The van der Waals surface area contributed by atoms with Crippen LogP contribution in [0.1, 0.15) is 49.7 Å². The molecule has 7 heteroatoms. The molecule has 0 amide bonds. The zero-order chi connectivity index (χ0) is 17.1. The van der Waals surface area contributed by atoms with E-state index in [2.05, 4.69) is 0 Å². The van der Waals surface area contributed by atoms with Crippen LogP contribution in [0.25, 0.3) is 0 Å². The summed E-state index contributed by atoms with van der Waals surface area (Å²) in [6.45, 7) is 0. The number of hydrogen-bond acceptors (Lipinski definition) is 5. The highest BCUT2D eigenvalue weighted by molar-refractivity contribution is 5.62. The van der Waals surface area contributed by atoms with Crippen molar-refractivity contribution in [1.82, 2.24) is 0 Å². The van der Waals surface area contributed by atoms with E-state index in [1.54, 1.807) is 0 Å². The molecule has 1 aromatic rings. The van der Waals surface area contributed by atoms with Gasteiger partial charge in [0, 0.05) is 6.07 Å². The van der Waals surface area contributed by atoms with E-state index in [0.29, 0.717) is 23.3 Å². The first-order valence-corrected chi connectivity index (χ1v) is 8.29. The molecule has 124 valence electrons. The Balaban J connectivity index is 1.93. The lowest BCUT2D eigenvalue weighted by Crippen LogP contribution is -2.48. The maximum absolute atomic E-state index is 11.4. The van der Waals surface area contributed by atoms with Crippen molar-refractivity contribution in [1.29, 1.82) is 5.26 Å². The van der Waals surface area contributed by atoms with Crippen LogP contribution in [-0.2, 0) is 5.41 Å². The molecule has 0 aromatic heterocycles. The van der Waals surface area contributed by atoms with Crippen LogP contribution in [0.3, 0.4) is 0 Å². The maximum Gasteiger partial charge on any atom is 0.294 e. The van der Waals surface area contributed by atoms with Crippen LogP contribution in [-0.4, -0.2) is 9.85 Å². The van der Waals surface area contributed by atoms with E-state index < -0.39 is 15.5 Å². The standard InChI is InChI=1S/C17H17N3O4/c18-9-14-15(4-13(19(21)22)5-16(14)20(23)24)17-6-10-1-11(7-17)3-12(2-10)8-17/h4-5,10-12H,1-3,6-8H2. The van der Waals surface area contributed by atoms with Gasteiger partial charge in [0.05, 0.1) is 15.9 Å². The van der Waals surface area contributed by atoms with Gasteiger partial charge in [-0.25, -0.2) is 0 Å². The van der Waals surface area contributed by atoms with Crippen molar-refractivity contribution >= 4 is 11.4 Å². The minimum absolute atomic E-state index is 0.0209. The first kappa shape index (κ1) is 15.1. The molecule has 4 saturated carbocycles. The molecule has 0 saturated heterocycles. The summed E-state index contributed by atoms with van der Waals surface area (Å²) >= 11 is 0. The summed E-state index contributed by atoms with van der Waals surface area (Å²) in [6, 6.07) is 4.32. The molecular formula is C17H17N3O4. The summed E-state index contributed by atoms with van der Waals surface area (Å²) in [5, 5.41) is 32.2. The van der Waals surface area contributed by atoms with Gasteiger partial charge in [-0.15, -0.1) is 0 Å². The van der Waals surface area contributed by atoms with E-state index in [1.807, 2.05) is 6.07 Å². The molecule has 0 spiro atoms. The molecule has 0 unspecified atom stereocenters. The van der Waals surface area contributed by atoms with E-state index in [9.17, 15) is 25.5 Å². The van der Waals surface area contributed by atoms with E-state index in [4.69, 9.17) is 0 Å². The Labute approximate surface area is 138 Å². The molecule has 0 radical (unpaired) electrons. The predicted octanol–water partition coefficient (Wildman–Crippen LogP) is 3.84. The number of hydrogen-bond donors (Lipinski definition) is 0. The minimum Gasteiger partial charge on any atom is -0.258 e. The number of nitro groups is 2. The van der Waals surface area contributed by atoms with Gasteiger partial charge in [0.25, 0.3) is 11.4 Å². The maximum atomic E-state index is 11.4. The third kappa shape index (κ3) is 2.09. The fraction of sp³-hybridized carbons (Fsp3) is 0.588. The van der Waals surface area contributed by atoms with Crippen molar-refractivity contribution in [3.05, 3.63) is 43.5 Å². The van der Waals surface area contributed by atoms with Gasteiger partial charge >= 0.3 is 0 Å². The van der Waals surface area contributed by atoms with Gasteiger partial charge in [-0.3, -0.25) is 20.2 Å². The average molecular weight is 327 g/mol. The smallest absolute Gasteiger partial charge is 0.258 e. The summed E-state index contributed by atoms with van der Waals surface area (Å²) in [6.07, 6.45) is 6.26. The zero-order valence-corrected chi connectivity index (χ0v) is 13.1. The van der Waals surface area contributed by atoms with Gasteiger partial charge in [-0.1, -0.05) is 0 Å². The van der Waals surface area contributed by atoms with Gasteiger partial charge in [0.15, 0.2) is 0 Å². The van der Waals surface area contributed by atoms with Crippen LogP contribution < -0.4 is 0 Å². The lowest BCUT2D eigenvalue weighted by Gasteiger charge is -2.57. The Bertz CT molecular complexity index is 760. The summed E-state index contributed by atoms with van der Waals surface area (Å²) in [5.41, 5.74) is -0.446. The third-order valence-electron chi connectivity index (χ3n) is 6.23. The Morgan fingerprint density at radius 2 is 1.54 bits per heavy atom. The molecule has 0 atom stereocenters. The quantitative estimate of drug-likeness (QED) is 0.618. The third-order valence-corrected chi connectivity index (χ3v) is 6.23. The molecule has 24 heavy (non-hydrogen) atoms. The lowest BCUT2D eigenvalue weighted by atomic mass is 9.47. The van der Waals surface area contributed by atoms with Gasteiger partial charge in [-0.05, 0) is 67.3 Å². The molecule has 7 nitrogen and oxygen atoms in total. The summed E-state index contributed by atoms with van der Waals surface area (Å²) < 4.78 is 0. The highest BCUT2D eigenvalue weighted by Gasteiger charge is 2.53. The largest absolute Gasteiger partial charge is 0.294 e. The van der Waals surface area contributed by atoms with Crippen molar-refractivity contribution in [3.8, 4) is 6.07 Å². The van der Waals surface area contributed by atoms with Crippen LogP contribution in [0.2, 0.25) is 0 Å². The van der Waals surface area contributed by atoms with Crippen LogP contribution in [0.4, 0.5) is 11.4 Å². The van der Waals surface area contributed by atoms with Gasteiger partial charge in [-0.2, -0.15) is 5.26 Å². The minimum atomic E-state index is -0.671. The Morgan fingerprint density at radius 1 is 1.00 bits per heavy atom. The fourth-order valence-corrected chi connectivity index (χ4v) is 5.84. The van der Waals surface area contributed by atoms with Gasteiger partial charge < -0.3 is 0 Å². The topological polar surface area (TPSA) is 110 Å². The molecule has 4 bridgehead atoms. The van der Waals surface area contributed by atoms with Gasteiger partial charge in [0.2, 0.25) is 0 Å². The second-order valence-corrected chi connectivity index (χ2v) is 7.71. The van der Waals surface area contributed by atoms with Crippen molar-refractivity contribution in [3.63, 3.8) is 0 Å². The van der Waals surface area contributed by atoms with E-state index in [1.165, 1.54) is 25.3 Å². The Kier molecular flexibility index (Phi) is 3.14. The number of nitrogens with zero attached hydrogens (tertiary/aromatic N) is 3. The summed E-state index contributed by atoms with van der Waals surface area (Å²) in [5.74, 6) is 1.75. The molecule has 0 heterocycles. The zero-order valence-electron chi connectivity index (χ0n) is 13.1. The first-order chi connectivity index (χ1) is 11.4. The van der Waals surface area contributed by atoms with Gasteiger partial charge in [0.1, 0.15) is 11.6 Å². The normalized spacial score (nSPS) is 33.2. The van der Waals surface area contributed by atoms with E-state index in [-0.39, 0.29) is 16.7 Å². The number of nitro benzene ring substituents is 2. The van der Waals surface area contributed by atoms with Crippen molar-refractivity contribution < 1.29 is 9.85 Å².